The van der Waals surface area contributed by atoms with Crippen LogP contribution in [-0.4, -0.2) is 18.7 Å². The van der Waals surface area contributed by atoms with Crippen molar-refractivity contribution in [2.75, 3.05) is 6.61 Å². The molecule has 0 amide bonds. The highest BCUT2D eigenvalue weighted by molar-refractivity contribution is 5.72. The van der Waals surface area contributed by atoms with E-state index in [-0.39, 0.29) is 36.3 Å². The standard InChI is InChI=1S/C38H46F4O3/c1-3-5-6-7-28-18-21-31(35(40)34(28)39)27-12-14-29(15-13-27)38(43)45-30-19-16-25(17-20-30)24-8-10-26(11-9-24)32-22-23-33(44-4-2)37(42)36(32)41/h3,5,10,18,21-25,27,29-30H,4,6-9,11-17,19-20H2,1-2H3. The fourth-order valence-corrected chi connectivity index (χ4v) is 7.67. The molecule has 7 heteroatoms. The van der Waals surface area contributed by atoms with Crippen LogP contribution in [0.25, 0.3) is 5.57 Å². The lowest BCUT2D eigenvalue weighted by Crippen LogP contribution is -2.31. The zero-order chi connectivity index (χ0) is 31.9. The van der Waals surface area contributed by atoms with Crippen LogP contribution in [0.4, 0.5) is 17.6 Å². The van der Waals surface area contributed by atoms with Gasteiger partial charge in [0.2, 0.25) is 5.82 Å². The largest absolute Gasteiger partial charge is 0.491 e. The maximum absolute atomic E-state index is 14.9. The Morgan fingerprint density at radius 3 is 2.27 bits per heavy atom. The van der Waals surface area contributed by atoms with Gasteiger partial charge < -0.3 is 9.47 Å². The lowest BCUT2D eigenvalue weighted by atomic mass is 9.72. The fourth-order valence-electron chi connectivity index (χ4n) is 7.67. The van der Waals surface area contributed by atoms with Crippen molar-refractivity contribution < 1.29 is 31.8 Å². The van der Waals surface area contributed by atoms with Crippen LogP contribution in [0.2, 0.25) is 0 Å². The van der Waals surface area contributed by atoms with Gasteiger partial charge in [-0.2, -0.15) is 4.39 Å². The van der Waals surface area contributed by atoms with Crippen LogP contribution in [0, 0.1) is 41.0 Å². The number of allylic oxidation sites excluding steroid dienone is 4. The number of hydrogen-bond donors (Lipinski definition) is 0. The molecule has 0 heterocycles. The number of carbonyl (C=O) groups excluding carboxylic acids is 1. The molecular weight excluding hydrogens is 580 g/mol. The van der Waals surface area contributed by atoms with Gasteiger partial charge >= 0.3 is 5.97 Å². The first-order chi connectivity index (χ1) is 21.8. The Hall–Kier alpha value is -3.09. The molecule has 0 N–H and O–H groups in total. The van der Waals surface area contributed by atoms with Crippen molar-refractivity contribution in [3.05, 3.63) is 82.5 Å². The molecule has 0 bridgehead atoms. The predicted octanol–water partition coefficient (Wildman–Crippen LogP) is 10.4. The van der Waals surface area contributed by atoms with E-state index in [1.165, 1.54) is 6.07 Å². The molecule has 3 aliphatic carbocycles. The quantitative estimate of drug-likeness (QED) is 0.150. The number of esters is 1. The van der Waals surface area contributed by atoms with E-state index in [4.69, 9.17) is 9.47 Å². The molecule has 5 rings (SSSR count). The second-order valence-electron chi connectivity index (χ2n) is 13.0. The maximum Gasteiger partial charge on any atom is 0.309 e. The Morgan fingerprint density at radius 2 is 1.60 bits per heavy atom. The van der Waals surface area contributed by atoms with E-state index >= 15 is 0 Å². The van der Waals surface area contributed by atoms with Gasteiger partial charge in [-0.1, -0.05) is 30.4 Å². The smallest absolute Gasteiger partial charge is 0.309 e. The van der Waals surface area contributed by atoms with E-state index in [9.17, 15) is 22.4 Å². The first-order valence-electron chi connectivity index (χ1n) is 16.9. The monoisotopic (exact) mass is 626 g/mol. The van der Waals surface area contributed by atoms with Gasteiger partial charge in [-0.15, -0.1) is 0 Å². The van der Waals surface area contributed by atoms with Gasteiger partial charge in [0.1, 0.15) is 6.10 Å². The van der Waals surface area contributed by atoms with Crippen molar-refractivity contribution in [3.63, 3.8) is 0 Å². The summed E-state index contributed by atoms with van der Waals surface area (Å²) in [6.45, 7) is 3.92. The Kier molecular flexibility index (Phi) is 11.4. The molecule has 0 aromatic heterocycles. The van der Waals surface area contributed by atoms with E-state index in [0.717, 1.165) is 44.1 Å². The molecule has 3 nitrogen and oxygen atoms in total. The van der Waals surface area contributed by atoms with E-state index in [2.05, 4.69) is 6.08 Å². The first-order valence-corrected chi connectivity index (χ1v) is 16.9. The zero-order valence-corrected chi connectivity index (χ0v) is 26.6. The van der Waals surface area contributed by atoms with Crippen LogP contribution >= 0.6 is 0 Å². The van der Waals surface area contributed by atoms with Gasteiger partial charge in [-0.25, -0.2) is 13.2 Å². The van der Waals surface area contributed by atoms with Crippen molar-refractivity contribution in [3.8, 4) is 5.75 Å². The highest BCUT2D eigenvalue weighted by atomic mass is 19.2. The molecule has 3 aliphatic rings. The number of hydrogen-bond acceptors (Lipinski definition) is 3. The SMILES string of the molecule is CC=CCCc1ccc(C2CCC(C(=O)OC3CCC(C4CC=C(c5ccc(OCC)c(F)c5F)CC4)CC3)CC2)c(F)c1F. The van der Waals surface area contributed by atoms with Gasteiger partial charge in [0.15, 0.2) is 23.2 Å². The number of rotatable bonds is 10. The molecular formula is C38H46F4O3. The molecule has 45 heavy (non-hydrogen) atoms. The van der Waals surface area contributed by atoms with E-state index in [1.54, 1.807) is 25.1 Å². The highest BCUT2D eigenvalue weighted by Gasteiger charge is 2.34. The van der Waals surface area contributed by atoms with Crippen molar-refractivity contribution in [2.45, 2.75) is 109 Å². The van der Waals surface area contributed by atoms with Gasteiger partial charge in [0, 0.05) is 5.56 Å². The number of aryl methyl sites for hydroxylation is 1. The Bertz CT molecular complexity index is 1380. The topological polar surface area (TPSA) is 35.5 Å². The van der Waals surface area contributed by atoms with Crippen LogP contribution in [0.15, 0.2) is 42.5 Å². The van der Waals surface area contributed by atoms with Crippen LogP contribution in [-0.2, 0) is 16.0 Å². The molecule has 0 saturated heterocycles. The van der Waals surface area contributed by atoms with Gasteiger partial charge in [-0.05, 0) is 144 Å². The van der Waals surface area contributed by atoms with Gasteiger partial charge in [-0.3, -0.25) is 4.79 Å². The lowest BCUT2D eigenvalue weighted by molar-refractivity contribution is -0.157. The molecule has 2 aromatic carbocycles. The Labute approximate surface area is 265 Å². The molecule has 2 saturated carbocycles. The summed E-state index contributed by atoms with van der Waals surface area (Å²) in [6.07, 6.45) is 15.6. The molecule has 0 radical (unpaired) electrons. The molecule has 244 valence electrons. The maximum atomic E-state index is 14.9. The summed E-state index contributed by atoms with van der Waals surface area (Å²) in [5.74, 6) is -2.71. The third-order valence-corrected chi connectivity index (χ3v) is 10.3. The van der Waals surface area contributed by atoms with Gasteiger partial charge in [0.05, 0.1) is 12.5 Å². The number of carbonyl (C=O) groups is 1. The zero-order valence-electron chi connectivity index (χ0n) is 26.6. The summed E-state index contributed by atoms with van der Waals surface area (Å²) in [5.41, 5.74) is 2.01. The molecule has 1 unspecified atom stereocenters. The second kappa shape index (κ2) is 15.5. The van der Waals surface area contributed by atoms with Crippen molar-refractivity contribution in [1.29, 1.82) is 0 Å². The van der Waals surface area contributed by atoms with Crippen LogP contribution in [0.1, 0.15) is 114 Å². The fraction of sp³-hybridized carbons (Fsp3) is 0.553. The minimum absolute atomic E-state index is 0.0535. The summed E-state index contributed by atoms with van der Waals surface area (Å²) in [4.78, 5) is 13.0. The summed E-state index contributed by atoms with van der Waals surface area (Å²) in [7, 11) is 0. The summed E-state index contributed by atoms with van der Waals surface area (Å²) < 4.78 is 69.9. The molecule has 2 aromatic rings. The van der Waals surface area contributed by atoms with Gasteiger partial charge in [0.25, 0.3) is 0 Å². The third-order valence-electron chi connectivity index (χ3n) is 10.3. The predicted molar refractivity (Wildman–Crippen MR) is 169 cm³/mol. The Morgan fingerprint density at radius 1 is 0.844 bits per heavy atom. The minimum atomic E-state index is -0.927. The van der Waals surface area contributed by atoms with E-state index < -0.39 is 23.3 Å². The Balaban J connectivity index is 1.06. The van der Waals surface area contributed by atoms with Crippen LogP contribution < -0.4 is 4.74 Å². The first kappa shape index (κ1) is 33.3. The number of benzene rings is 2. The van der Waals surface area contributed by atoms with Crippen molar-refractivity contribution in [2.24, 2.45) is 17.8 Å². The number of halogens is 4. The summed E-state index contributed by atoms with van der Waals surface area (Å²) in [6, 6.07) is 6.56. The van der Waals surface area contributed by atoms with Crippen molar-refractivity contribution >= 4 is 11.5 Å². The highest BCUT2D eigenvalue weighted by Crippen LogP contribution is 2.43. The lowest BCUT2D eigenvalue weighted by Gasteiger charge is -2.36. The van der Waals surface area contributed by atoms with Crippen molar-refractivity contribution in [1.82, 2.24) is 0 Å². The summed E-state index contributed by atoms with van der Waals surface area (Å²) >= 11 is 0. The molecule has 2 fully saturated rings. The third kappa shape index (κ3) is 7.84. The number of ether oxygens (including phenoxy) is 2. The van der Waals surface area contributed by atoms with E-state index in [1.807, 2.05) is 19.1 Å². The average Bonchev–Trinajstić information content (AvgIpc) is 3.06. The van der Waals surface area contributed by atoms with Crippen LogP contribution in [0.3, 0.4) is 0 Å². The normalized spacial score (nSPS) is 25.6. The van der Waals surface area contributed by atoms with E-state index in [0.29, 0.717) is 73.5 Å². The van der Waals surface area contributed by atoms with Crippen LogP contribution in [0.5, 0.6) is 5.75 Å². The molecule has 0 spiro atoms. The second-order valence-corrected chi connectivity index (χ2v) is 13.0. The molecule has 1 atom stereocenters. The minimum Gasteiger partial charge on any atom is -0.491 e. The summed E-state index contributed by atoms with van der Waals surface area (Å²) in [5, 5.41) is 0. The average molecular weight is 627 g/mol. The molecule has 0 aliphatic heterocycles.